The van der Waals surface area contributed by atoms with Crippen molar-refractivity contribution in [3.05, 3.63) is 65.2 Å². The van der Waals surface area contributed by atoms with E-state index < -0.39 is 10.0 Å². The van der Waals surface area contributed by atoms with E-state index in [4.69, 9.17) is 0 Å². The first-order valence-electron chi connectivity index (χ1n) is 10.2. The molecule has 2 aromatic carbocycles. The van der Waals surface area contributed by atoms with E-state index in [1.54, 1.807) is 4.31 Å². The molecule has 1 heterocycles. The van der Waals surface area contributed by atoms with Crippen LogP contribution in [-0.2, 0) is 10.0 Å². The summed E-state index contributed by atoms with van der Waals surface area (Å²) in [6.45, 7) is 2.67. The Hall–Kier alpha value is -1.65. The van der Waals surface area contributed by atoms with E-state index in [1.165, 1.54) is 37.7 Å². The first kappa shape index (κ1) is 18.7. The summed E-state index contributed by atoms with van der Waals surface area (Å²) in [5.74, 6) is 0.599. The zero-order valence-electron chi connectivity index (χ0n) is 16.1. The van der Waals surface area contributed by atoms with Gasteiger partial charge in [0, 0.05) is 6.54 Å². The second kappa shape index (κ2) is 7.76. The van der Waals surface area contributed by atoms with Gasteiger partial charge < -0.3 is 0 Å². The third-order valence-electron chi connectivity index (χ3n) is 6.31. The van der Waals surface area contributed by atoms with Crippen molar-refractivity contribution in [3.63, 3.8) is 0 Å². The Bertz CT molecular complexity index is 883. The van der Waals surface area contributed by atoms with Gasteiger partial charge in [0.15, 0.2) is 0 Å². The van der Waals surface area contributed by atoms with Crippen LogP contribution in [0.3, 0.4) is 0 Å². The lowest BCUT2D eigenvalue weighted by Crippen LogP contribution is -2.31. The highest BCUT2D eigenvalue weighted by molar-refractivity contribution is 7.89. The number of sulfonamides is 1. The summed E-state index contributed by atoms with van der Waals surface area (Å²) in [5.41, 5.74) is 3.60. The summed E-state index contributed by atoms with van der Waals surface area (Å²) < 4.78 is 28.4. The molecule has 144 valence electrons. The highest BCUT2D eigenvalue weighted by Gasteiger charge is 2.36. The first-order chi connectivity index (χ1) is 13.1. The van der Waals surface area contributed by atoms with Crippen LogP contribution in [-0.4, -0.2) is 19.3 Å². The summed E-state index contributed by atoms with van der Waals surface area (Å²) in [6, 6.07) is 15.8. The standard InChI is InChI=1S/C23H29NO2S/c1-18-8-5-6-11-22(18)23-12-7-17-24(23)27(25,26)21-15-13-20(14-16-21)19-9-3-2-4-10-19/h5-6,8,11,13-16,19,23H,2-4,7,9-10,12,17H2,1H3/t23-/m1/s1. The number of rotatable bonds is 4. The van der Waals surface area contributed by atoms with E-state index >= 15 is 0 Å². The Kier molecular flexibility index (Phi) is 5.38. The van der Waals surface area contributed by atoms with Gasteiger partial charge in [0.25, 0.3) is 0 Å². The Morgan fingerprint density at radius 3 is 2.26 bits per heavy atom. The maximum absolute atomic E-state index is 13.3. The molecule has 0 amide bonds. The van der Waals surface area contributed by atoms with Gasteiger partial charge in [-0.25, -0.2) is 8.42 Å². The van der Waals surface area contributed by atoms with Crippen LogP contribution in [0, 0.1) is 6.92 Å². The van der Waals surface area contributed by atoms with Gasteiger partial charge in [0.2, 0.25) is 10.0 Å². The third-order valence-corrected chi connectivity index (χ3v) is 8.24. The van der Waals surface area contributed by atoms with Crippen LogP contribution in [0.15, 0.2) is 53.4 Å². The lowest BCUT2D eigenvalue weighted by atomic mass is 9.84. The van der Waals surface area contributed by atoms with E-state index in [0.717, 1.165) is 24.0 Å². The van der Waals surface area contributed by atoms with Crippen molar-refractivity contribution < 1.29 is 8.42 Å². The molecule has 1 atom stereocenters. The molecule has 0 aromatic heterocycles. The molecule has 3 nitrogen and oxygen atoms in total. The molecule has 2 fully saturated rings. The van der Waals surface area contributed by atoms with Crippen molar-refractivity contribution in [2.75, 3.05) is 6.54 Å². The van der Waals surface area contributed by atoms with E-state index in [0.29, 0.717) is 17.4 Å². The van der Waals surface area contributed by atoms with Crippen molar-refractivity contribution >= 4 is 10.0 Å². The molecule has 27 heavy (non-hydrogen) atoms. The lowest BCUT2D eigenvalue weighted by Gasteiger charge is -2.26. The van der Waals surface area contributed by atoms with Crippen molar-refractivity contribution in [2.24, 2.45) is 0 Å². The topological polar surface area (TPSA) is 37.4 Å². The zero-order valence-corrected chi connectivity index (χ0v) is 16.9. The number of nitrogens with zero attached hydrogens (tertiary/aromatic N) is 1. The minimum absolute atomic E-state index is 0.0470. The Morgan fingerprint density at radius 1 is 0.852 bits per heavy atom. The first-order valence-corrected chi connectivity index (χ1v) is 11.7. The van der Waals surface area contributed by atoms with Crippen LogP contribution in [0.5, 0.6) is 0 Å². The molecule has 0 unspecified atom stereocenters. The summed E-state index contributed by atoms with van der Waals surface area (Å²) in [4.78, 5) is 0.433. The summed E-state index contributed by atoms with van der Waals surface area (Å²) in [5, 5.41) is 0. The SMILES string of the molecule is Cc1ccccc1[C@H]1CCCN1S(=O)(=O)c1ccc(C2CCCCC2)cc1. The molecular formula is C23H29NO2S. The molecule has 1 aliphatic heterocycles. The fourth-order valence-electron chi connectivity index (χ4n) is 4.78. The van der Waals surface area contributed by atoms with Crippen molar-refractivity contribution in [1.82, 2.24) is 4.31 Å². The van der Waals surface area contributed by atoms with Crippen LogP contribution < -0.4 is 0 Å². The Morgan fingerprint density at radius 2 is 1.56 bits per heavy atom. The van der Waals surface area contributed by atoms with Crippen LogP contribution in [0.4, 0.5) is 0 Å². The second-order valence-corrected chi connectivity index (χ2v) is 9.92. The fraction of sp³-hybridized carbons (Fsp3) is 0.478. The summed E-state index contributed by atoms with van der Waals surface area (Å²) in [7, 11) is -3.47. The van der Waals surface area contributed by atoms with Gasteiger partial charge in [-0.1, -0.05) is 55.7 Å². The smallest absolute Gasteiger partial charge is 0.207 e. The van der Waals surface area contributed by atoms with Crippen LogP contribution in [0.2, 0.25) is 0 Å². The van der Waals surface area contributed by atoms with E-state index in [2.05, 4.69) is 19.1 Å². The molecule has 1 aliphatic carbocycles. The van der Waals surface area contributed by atoms with Crippen molar-refractivity contribution in [1.29, 1.82) is 0 Å². The number of hydrogen-bond donors (Lipinski definition) is 0. The van der Waals surface area contributed by atoms with E-state index in [9.17, 15) is 8.42 Å². The van der Waals surface area contributed by atoms with E-state index in [-0.39, 0.29) is 6.04 Å². The minimum atomic E-state index is -3.47. The molecule has 1 saturated carbocycles. The average molecular weight is 384 g/mol. The van der Waals surface area contributed by atoms with Gasteiger partial charge in [-0.2, -0.15) is 4.31 Å². The highest BCUT2D eigenvalue weighted by Crippen LogP contribution is 2.38. The Balaban J connectivity index is 1.59. The van der Waals surface area contributed by atoms with Crippen LogP contribution in [0.1, 0.15) is 73.6 Å². The normalized spacial score (nSPS) is 22.2. The zero-order chi connectivity index (χ0) is 18.9. The molecule has 2 aliphatic rings. The Labute approximate surface area is 163 Å². The monoisotopic (exact) mass is 383 g/mol. The largest absolute Gasteiger partial charge is 0.243 e. The van der Waals surface area contributed by atoms with Crippen LogP contribution in [0.25, 0.3) is 0 Å². The number of aryl methyl sites for hydroxylation is 1. The average Bonchev–Trinajstić information content (AvgIpc) is 3.20. The van der Waals surface area contributed by atoms with Gasteiger partial charge in [-0.05, 0) is 67.3 Å². The molecule has 0 N–H and O–H groups in total. The van der Waals surface area contributed by atoms with Gasteiger partial charge in [-0.3, -0.25) is 0 Å². The number of hydrogen-bond acceptors (Lipinski definition) is 2. The number of benzene rings is 2. The predicted octanol–water partition coefficient (Wildman–Crippen LogP) is 5.57. The summed E-state index contributed by atoms with van der Waals surface area (Å²) in [6.07, 6.45) is 8.18. The lowest BCUT2D eigenvalue weighted by molar-refractivity contribution is 0.395. The maximum atomic E-state index is 13.3. The van der Waals surface area contributed by atoms with Crippen molar-refractivity contribution in [2.45, 2.75) is 68.7 Å². The van der Waals surface area contributed by atoms with Crippen LogP contribution >= 0.6 is 0 Å². The molecule has 0 spiro atoms. The highest BCUT2D eigenvalue weighted by atomic mass is 32.2. The second-order valence-electron chi connectivity index (χ2n) is 8.03. The molecule has 1 saturated heterocycles. The third kappa shape index (κ3) is 3.70. The van der Waals surface area contributed by atoms with E-state index in [1.807, 2.05) is 36.4 Å². The fourth-order valence-corrected chi connectivity index (χ4v) is 6.46. The van der Waals surface area contributed by atoms with Gasteiger partial charge in [0.1, 0.15) is 0 Å². The quantitative estimate of drug-likeness (QED) is 0.692. The molecule has 4 heteroatoms. The predicted molar refractivity (Wildman–Crippen MR) is 109 cm³/mol. The van der Waals surface area contributed by atoms with Crippen molar-refractivity contribution in [3.8, 4) is 0 Å². The minimum Gasteiger partial charge on any atom is -0.207 e. The molecule has 4 rings (SSSR count). The molecule has 0 radical (unpaired) electrons. The van der Waals surface area contributed by atoms with Gasteiger partial charge in [0.05, 0.1) is 10.9 Å². The molecule has 0 bridgehead atoms. The molecular weight excluding hydrogens is 354 g/mol. The summed E-state index contributed by atoms with van der Waals surface area (Å²) >= 11 is 0. The maximum Gasteiger partial charge on any atom is 0.243 e. The van der Waals surface area contributed by atoms with Gasteiger partial charge >= 0.3 is 0 Å². The molecule has 2 aromatic rings. The van der Waals surface area contributed by atoms with Gasteiger partial charge in [-0.15, -0.1) is 0 Å².